The number of piperazine rings is 1. The van der Waals surface area contributed by atoms with Gasteiger partial charge in [-0.1, -0.05) is 20.8 Å². The van der Waals surface area contributed by atoms with Crippen molar-refractivity contribution in [3.63, 3.8) is 0 Å². The lowest BCUT2D eigenvalue weighted by Crippen LogP contribution is -2.54. The van der Waals surface area contributed by atoms with Crippen LogP contribution in [-0.2, 0) is 4.79 Å². The van der Waals surface area contributed by atoms with Crippen LogP contribution in [0.3, 0.4) is 0 Å². The van der Waals surface area contributed by atoms with Crippen LogP contribution >= 0.6 is 0 Å². The number of aliphatic hydroxyl groups is 1. The third-order valence-corrected chi connectivity index (χ3v) is 13.3. The predicted octanol–water partition coefficient (Wildman–Crippen LogP) is 5.96. The zero-order valence-electron chi connectivity index (χ0n) is 26.2. The van der Waals surface area contributed by atoms with Gasteiger partial charge >= 0.3 is 0 Å². The van der Waals surface area contributed by atoms with Crippen LogP contribution in [0.15, 0.2) is 12.5 Å². The van der Waals surface area contributed by atoms with Gasteiger partial charge in [-0.2, -0.15) is 0 Å². The van der Waals surface area contributed by atoms with E-state index in [1.807, 2.05) is 0 Å². The lowest BCUT2D eigenvalue weighted by atomic mass is 9.44. The molecule has 0 radical (unpaired) electrons. The fourth-order valence-electron chi connectivity index (χ4n) is 11.1. The second-order valence-corrected chi connectivity index (χ2v) is 15.1. The zero-order valence-corrected chi connectivity index (χ0v) is 26.2. The van der Waals surface area contributed by atoms with Crippen molar-refractivity contribution < 1.29 is 14.6 Å². The average Bonchev–Trinajstić information content (AvgIpc) is 3.33. The highest BCUT2D eigenvalue weighted by Crippen LogP contribution is 2.68. The van der Waals surface area contributed by atoms with Crippen molar-refractivity contribution in [1.29, 1.82) is 0 Å². The van der Waals surface area contributed by atoms with E-state index in [0.29, 0.717) is 34.8 Å². The molecule has 5 aliphatic rings. The Morgan fingerprint density at radius 3 is 2.66 bits per heavy atom. The predicted molar refractivity (Wildman–Crippen MR) is 162 cm³/mol. The lowest BCUT2D eigenvalue weighted by Gasteiger charge is -2.61. The summed E-state index contributed by atoms with van der Waals surface area (Å²) in [7, 11) is 1.65. The fraction of sp³-hybridized carbons (Fsp3) is 0.853. The third-order valence-electron chi connectivity index (χ3n) is 13.3. The van der Waals surface area contributed by atoms with Gasteiger partial charge in [0.2, 0.25) is 5.91 Å². The molecule has 1 aliphatic heterocycles. The van der Waals surface area contributed by atoms with E-state index >= 15 is 0 Å². The van der Waals surface area contributed by atoms with Crippen molar-refractivity contribution in [1.82, 2.24) is 14.9 Å². The van der Waals surface area contributed by atoms with E-state index in [2.05, 4.69) is 47.5 Å². The summed E-state index contributed by atoms with van der Waals surface area (Å²) >= 11 is 0. The summed E-state index contributed by atoms with van der Waals surface area (Å²) in [4.78, 5) is 26.3. The smallest absolute Gasteiger partial charge is 0.222 e. The van der Waals surface area contributed by atoms with Crippen molar-refractivity contribution in [3.8, 4) is 5.75 Å². The first-order valence-corrected chi connectivity index (χ1v) is 16.7. The van der Waals surface area contributed by atoms with E-state index in [1.54, 1.807) is 19.6 Å². The molecule has 5 fully saturated rings. The quantitative estimate of drug-likeness (QED) is 0.458. The van der Waals surface area contributed by atoms with Crippen LogP contribution in [0.1, 0.15) is 98.3 Å². The monoisotopic (exact) mass is 566 g/mol. The maximum absolute atomic E-state index is 13.5. The van der Waals surface area contributed by atoms with Crippen molar-refractivity contribution in [2.24, 2.45) is 46.3 Å². The molecule has 1 N–H and O–H groups in total. The molecule has 7 heteroatoms. The van der Waals surface area contributed by atoms with Gasteiger partial charge in [-0.05, 0) is 117 Å². The lowest BCUT2D eigenvalue weighted by molar-refractivity contribution is -0.135. The molecule has 7 nitrogen and oxygen atoms in total. The highest BCUT2D eigenvalue weighted by molar-refractivity contribution is 5.77. The Labute approximate surface area is 247 Å². The van der Waals surface area contributed by atoms with Gasteiger partial charge in [-0.25, -0.2) is 9.97 Å². The number of carbonyl (C=O) groups excluding carboxylic acids is 1. The minimum atomic E-state index is -0.0632. The van der Waals surface area contributed by atoms with Gasteiger partial charge in [0.1, 0.15) is 6.33 Å². The molecule has 0 aromatic carbocycles. The second-order valence-electron chi connectivity index (χ2n) is 15.1. The average molecular weight is 567 g/mol. The molecule has 4 aliphatic carbocycles. The molecule has 0 spiro atoms. The van der Waals surface area contributed by atoms with Crippen molar-refractivity contribution in [2.75, 3.05) is 31.6 Å². The number of nitrogens with zero attached hydrogens (tertiary/aromatic N) is 4. The second kappa shape index (κ2) is 11.3. The molecular formula is C34H54N4O3. The number of fused-ring (bicyclic) bond motifs is 5. The summed E-state index contributed by atoms with van der Waals surface area (Å²) in [6, 6.07) is 0.146. The number of ether oxygens (including phenoxy) is 1. The van der Waals surface area contributed by atoms with Crippen LogP contribution in [0.4, 0.5) is 5.82 Å². The Morgan fingerprint density at radius 2 is 1.88 bits per heavy atom. The van der Waals surface area contributed by atoms with E-state index < -0.39 is 0 Å². The number of anilines is 1. The minimum Gasteiger partial charge on any atom is -0.491 e. The molecule has 1 aromatic rings. The third kappa shape index (κ3) is 5.06. The minimum absolute atomic E-state index is 0.0632. The maximum Gasteiger partial charge on any atom is 0.222 e. The van der Waals surface area contributed by atoms with Crippen molar-refractivity contribution >= 4 is 11.7 Å². The number of amides is 1. The Kier molecular flexibility index (Phi) is 8.06. The van der Waals surface area contributed by atoms with Crippen LogP contribution in [0, 0.1) is 46.3 Å². The van der Waals surface area contributed by atoms with Crippen molar-refractivity contribution in [3.05, 3.63) is 12.5 Å². The van der Waals surface area contributed by atoms with E-state index in [0.717, 1.165) is 74.3 Å². The van der Waals surface area contributed by atoms with Gasteiger partial charge in [0.05, 0.1) is 19.4 Å². The summed E-state index contributed by atoms with van der Waals surface area (Å²) in [6.45, 7) is 12.1. The molecular weight excluding hydrogens is 512 g/mol. The molecule has 0 bridgehead atoms. The number of aromatic nitrogens is 2. The molecule has 2 heterocycles. The summed E-state index contributed by atoms with van der Waals surface area (Å²) in [6.07, 6.45) is 16.3. The van der Waals surface area contributed by atoms with Gasteiger partial charge in [0.25, 0.3) is 0 Å². The molecule has 228 valence electrons. The SMILES string of the molecule is COc1cncnc1N1CCN(C(=O)CC[C@@H](C)[C@H]2CC[C@H]3[C@@H]4CC[C@H]5C[C@@H](O)CC[C@]5(C)[C@H]4CC[C@]23C)[C@@H](C)C1. The Morgan fingerprint density at radius 1 is 1.10 bits per heavy atom. The molecule has 10 atom stereocenters. The van der Waals surface area contributed by atoms with E-state index in [4.69, 9.17) is 4.74 Å². The molecule has 6 rings (SSSR count). The summed E-state index contributed by atoms with van der Waals surface area (Å²) in [5.74, 6) is 6.44. The molecule has 4 saturated carbocycles. The number of aliphatic hydroxyl groups excluding tert-OH is 1. The summed E-state index contributed by atoms with van der Waals surface area (Å²) in [5, 5.41) is 10.4. The maximum atomic E-state index is 13.5. The number of methoxy groups -OCH3 is 1. The molecule has 1 saturated heterocycles. The highest BCUT2D eigenvalue weighted by atomic mass is 16.5. The van der Waals surface area contributed by atoms with Crippen LogP contribution in [0.5, 0.6) is 5.75 Å². The molecule has 1 amide bonds. The highest BCUT2D eigenvalue weighted by Gasteiger charge is 2.60. The number of rotatable bonds is 6. The largest absolute Gasteiger partial charge is 0.491 e. The Bertz CT molecular complexity index is 1100. The van der Waals surface area contributed by atoms with Crippen LogP contribution in [0.25, 0.3) is 0 Å². The Hall–Kier alpha value is -1.89. The van der Waals surface area contributed by atoms with Crippen molar-refractivity contribution in [2.45, 2.75) is 110 Å². The molecule has 0 unspecified atom stereocenters. The first kappa shape index (κ1) is 29.2. The van der Waals surface area contributed by atoms with E-state index in [1.165, 1.54) is 44.9 Å². The van der Waals surface area contributed by atoms with E-state index in [9.17, 15) is 9.90 Å². The molecule has 1 aromatic heterocycles. The van der Waals surface area contributed by atoms with E-state index in [-0.39, 0.29) is 12.1 Å². The number of hydrogen-bond donors (Lipinski definition) is 1. The Balaban J connectivity index is 1.04. The normalized spacial score (nSPS) is 41.3. The van der Waals surface area contributed by atoms with Crippen LogP contribution < -0.4 is 9.64 Å². The molecule has 41 heavy (non-hydrogen) atoms. The summed E-state index contributed by atoms with van der Waals surface area (Å²) in [5.41, 5.74) is 0.870. The standard InChI is InChI=1S/C34H54N4O3/c1-22(6-11-31(40)38-17-16-37(20-23(38)2)32-30(41-5)19-35-21-36-32)27-9-10-28-26-8-7-24-18-25(39)12-14-33(24,3)29(26)13-15-34(27,28)4/h19,21-29,39H,6-18,20H2,1-5H3/t22-,23+,24+,25+,26+,27-,28+,29+,33+,34-/m1/s1. The first-order valence-electron chi connectivity index (χ1n) is 16.7. The number of hydrogen-bond acceptors (Lipinski definition) is 6. The van der Waals surface area contributed by atoms with Gasteiger partial charge < -0.3 is 19.6 Å². The van der Waals surface area contributed by atoms with Gasteiger partial charge in [0, 0.05) is 32.1 Å². The van der Waals surface area contributed by atoms with Gasteiger partial charge in [-0.15, -0.1) is 0 Å². The van der Waals surface area contributed by atoms with Crippen LogP contribution in [-0.4, -0.2) is 64.8 Å². The zero-order chi connectivity index (χ0) is 28.9. The van der Waals surface area contributed by atoms with Gasteiger partial charge in [-0.3, -0.25) is 4.79 Å². The van der Waals surface area contributed by atoms with Crippen LogP contribution in [0.2, 0.25) is 0 Å². The van der Waals surface area contributed by atoms with Gasteiger partial charge in [0.15, 0.2) is 11.6 Å². The first-order chi connectivity index (χ1) is 19.7. The topological polar surface area (TPSA) is 78.8 Å². The fourth-order valence-corrected chi connectivity index (χ4v) is 11.1. The number of carbonyl (C=O) groups is 1. The summed E-state index contributed by atoms with van der Waals surface area (Å²) < 4.78 is 5.47.